The van der Waals surface area contributed by atoms with Gasteiger partial charge in [-0.05, 0) is 60.9 Å². The number of para-hydroxylation sites is 1. The number of hydrogen-bond donors (Lipinski definition) is 1. The van der Waals surface area contributed by atoms with Gasteiger partial charge >= 0.3 is 0 Å². The number of benzene rings is 2. The first kappa shape index (κ1) is 22.9. The van der Waals surface area contributed by atoms with Crippen LogP contribution in [-0.4, -0.2) is 35.9 Å². The average molecular weight is 423 g/mol. The number of rotatable bonds is 6. The van der Waals surface area contributed by atoms with E-state index in [1.165, 1.54) is 5.56 Å². The molecule has 1 aliphatic heterocycles. The molecule has 1 aliphatic rings. The molecular weight excluding hydrogens is 388 g/mol. The zero-order valence-electron chi connectivity index (χ0n) is 19.1. The van der Waals surface area contributed by atoms with Crippen LogP contribution in [0.3, 0.4) is 0 Å². The Hall–Kier alpha value is -2.82. The maximum atomic E-state index is 13.0. The van der Waals surface area contributed by atoms with Crippen LogP contribution in [0.2, 0.25) is 0 Å². The number of carbonyl (C=O) groups excluding carboxylic acids is 2. The van der Waals surface area contributed by atoms with Crippen molar-refractivity contribution in [3.05, 3.63) is 59.7 Å². The fourth-order valence-corrected chi connectivity index (χ4v) is 3.78. The molecule has 0 bridgehead atoms. The third-order valence-corrected chi connectivity index (χ3v) is 5.72. The van der Waals surface area contributed by atoms with Crippen molar-refractivity contribution in [3.63, 3.8) is 0 Å². The molecule has 3 rings (SSSR count). The first-order chi connectivity index (χ1) is 14.8. The first-order valence-electron chi connectivity index (χ1n) is 11.3. The van der Waals surface area contributed by atoms with E-state index in [2.05, 4.69) is 26.1 Å². The van der Waals surface area contributed by atoms with Crippen LogP contribution in [0, 0.1) is 0 Å². The third-order valence-electron chi connectivity index (χ3n) is 5.72. The summed E-state index contributed by atoms with van der Waals surface area (Å²) in [5.74, 6) is 0.385. The van der Waals surface area contributed by atoms with Crippen LogP contribution in [0.4, 0.5) is 5.69 Å². The van der Waals surface area contributed by atoms with Gasteiger partial charge in [-0.25, -0.2) is 0 Å². The molecule has 1 atom stereocenters. The normalized spacial score (nSPS) is 15.3. The number of likely N-dealkylation sites (tertiary alicyclic amines) is 1. The predicted octanol–water partition coefficient (Wildman–Crippen LogP) is 5.41. The number of hydrogen-bond acceptors (Lipinski definition) is 3. The molecule has 1 saturated heterocycles. The fraction of sp³-hybridized carbons (Fsp3) is 0.462. The molecule has 0 aromatic heterocycles. The highest BCUT2D eigenvalue weighted by molar-refractivity contribution is 6.04. The van der Waals surface area contributed by atoms with Crippen molar-refractivity contribution < 1.29 is 14.3 Å². The van der Waals surface area contributed by atoms with Gasteiger partial charge in [0.2, 0.25) is 0 Å². The lowest BCUT2D eigenvalue weighted by atomic mass is 9.87. The molecule has 0 spiro atoms. The first-order valence-corrected chi connectivity index (χ1v) is 11.3. The van der Waals surface area contributed by atoms with Crippen molar-refractivity contribution in [2.75, 3.05) is 18.4 Å². The van der Waals surface area contributed by atoms with E-state index in [1.807, 2.05) is 48.2 Å². The van der Waals surface area contributed by atoms with Gasteiger partial charge in [0.15, 0.2) is 6.10 Å². The van der Waals surface area contributed by atoms with Gasteiger partial charge in [-0.15, -0.1) is 0 Å². The highest BCUT2D eigenvalue weighted by Crippen LogP contribution is 2.25. The SMILES string of the molecule is CCC(Oc1ccc(C(C)(C)C)cc1)C(=O)Nc1ccccc1C(=O)N1CCCCC1. The Morgan fingerprint density at radius 3 is 2.26 bits per heavy atom. The van der Waals surface area contributed by atoms with E-state index in [9.17, 15) is 9.59 Å². The quantitative estimate of drug-likeness (QED) is 0.677. The number of nitrogens with one attached hydrogen (secondary N) is 1. The van der Waals surface area contributed by atoms with Gasteiger partial charge in [0, 0.05) is 13.1 Å². The van der Waals surface area contributed by atoms with Crippen LogP contribution >= 0.6 is 0 Å². The van der Waals surface area contributed by atoms with Gasteiger partial charge in [-0.2, -0.15) is 0 Å². The molecule has 0 aliphatic carbocycles. The molecule has 1 heterocycles. The number of amides is 2. The minimum Gasteiger partial charge on any atom is -0.481 e. The van der Waals surface area contributed by atoms with Gasteiger partial charge in [-0.1, -0.05) is 52.0 Å². The summed E-state index contributed by atoms with van der Waals surface area (Å²) in [7, 11) is 0. The van der Waals surface area contributed by atoms with Crippen molar-refractivity contribution in [3.8, 4) is 5.75 Å². The van der Waals surface area contributed by atoms with E-state index in [0.29, 0.717) is 23.4 Å². The summed E-state index contributed by atoms with van der Waals surface area (Å²) in [6, 6.07) is 15.1. The molecule has 5 nitrogen and oxygen atoms in total. The highest BCUT2D eigenvalue weighted by Gasteiger charge is 2.24. The van der Waals surface area contributed by atoms with Crippen LogP contribution in [0.1, 0.15) is 69.3 Å². The van der Waals surface area contributed by atoms with Crippen molar-refractivity contribution >= 4 is 17.5 Å². The standard InChI is InChI=1S/C26H34N2O3/c1-5-23(31-20-15-13-19(14-16-20)26(2,3)4)24(29)27-22-12-8-7-11-21(22)25(30)28-17-9-6-10-18-28/h7-8,11-16,23H,5-6,9-10,17-18H2,1-4H3,(H,27,29). The van der Waals surface area contributed by atoms with Crippen LogP contribution in [0.5, 0.6) is 5.75 Å². The molecule has 31 heavy (non-hydrogen) atoms. The number of piperidine rings is 1. The van der Waals surface area contributed by atoms with E-state index >= 15 is 0 Å². The summed E-state index contributed by atoms with van der Waals surface area (Å²) in [6.07, 6.45) is 3.10. The molecule has 1 N–H and O–H groups in total. The van der Waals surface area contributed by atoms with E-state index < -0.39 is 6.10 Å². The molecule has 1 unspecified atom stereocenters. The molecular formula is C26H34N2O3. The molecule has 2 aromatic carbocycles. The Bertz CT molecular complexity index is 894. The summed E-state index contributed by atoms with van der Waals surface area (Å²) in [5, 5.41) is 2.93. The zero-order chi connectivity index (χ0) is 22.4. The number of carbonyl (C=O) groups is 2. The largest absolute Gasteiger partial charge is 0.481 e. The van der Waals surface area contributed by atoms with Gasteiger partial charge in [0.05, 0.1) is 11.3 Å². The second-order valence-corrected chi connectivity index (χ2v) is 9.18. The highest BCUT2D eigenvalue weighted by atomic mass is 16.5. The average Bonchev–Trinajstić information content (AvgIpc) is 2.77. The number of anilines is 1. The number of ether oxygens (including phenoxy) is 1. The number of nitrogens with zero attached hydrogens (tertiary/aromatic N) is 1. The van der Waals surface area contributed by atoms with Crippen LogP contribution in [-0.2, 0) is 10.2 Å². The maximum absolute atomic E-state index is 13.0. The smallest absolute Gasteiger partial charge is 0.265 e. The minimum absolute atomic E-state index is 0.0256. The molecule has 2 amide bonds. The van der Waals surface area contributed by atoms with Gasteiger partial charge in [-0.3, -0.25) is 9.59 Å². The van der Waals surface area contributed by atoms with Crippen LogP contribution in [0.15, 0.2) is 48.5 Å². The predicted molar refractivity (Wildman–Crippen MR) is 125 cm³/mol. The van der Waals surface area contributed by atoms with Crippen LogP contribution < -0.4 is 10.1 Å². The van der Waals surface area contributed by atoms with Crippen molar-refractivity contribution in [1.82, 2.24) is 4.90 Å². The lowest BCUT2D eigenvalue weighted by molar-refractivity contribution is -0.122. The topological polar surface area (TPSA) is 58.6 Å². The van der Waals surface area contributed by atoms with E-state index in [0.717, 1.165) is 32.4 Å². The van der Waals surface area contributed by atoms with Gasteiger partial charge < -0.3 is 15.0 Å². The zero-order valence-corrected chi connectivity index (χ0v) is 19.1. The van der Waals surface area contributed by atoms with E-state index in [4.69, 9.17) is 4.74 Å². The second-order valence-electron chi connectivity index (χ2n) is 9.18. The van der Waals surface area contributed by atoms with Crippen molar-refractivity contribution in [1.29, 1.82) is 0 Å². The Kier molecular flexibility index (Phi) is 7.37. The summed E-state index contributed by atoms with van der Waals surface area (Å²) in [4.78, 5) is 27.8. The maximum Gasteiger partial charge on any atom is 0.265 e. The summed E-state index contributed by atoms with van der Waals surface area (Å²) in [5.41, 5.74) is 2.34. The second kappa shape index (κ2) is 9.99. The van der Waals surface area contributed by atoms with E-state index in [1.54, 1.807) is 12.1 Å². The molecule has 166 valence electrons. The Balaban J connectivity index is 1.70. The lowest BCUT2D eigenvalue weighted by Crippen LogP contribution is -2.37. The molecule has 0 saturated carbocycles. The molecule has 1 fully saturated rings. The Morgan fingerprint density at radius 2 is 1.65 bits per heavy atom. The Morgan fingerprint density at radius 1 is 1.00 bits per heavy atom. The van der Waals surface area contributed by atoms with Gasteiger partial charge in [0.25, 0.3) is 11.8 Å². The summed E-state index contributed by atoms with van der Waals surface area (Å²) >= 11 is 0. The van der Waals surface area contributed by atoms with Gasteiger partial charge in [0.1, 0.15) is 5.75 Å². The molecule has 0 radical (unpaired) electrons. The third kappa shape index (κ3) is 5.87. The van der Waals surface area contributed by atoms with Crippen molar-refractivity contribution in [2.45, 2.75) is 64.9 Å². The minimum atomic E-state index is -0.640. The molecule has 2 aromatic rings. The fourth-order valence-electron chi connectivity index (χ4n) is 3.78. The monoisotopic (exact) mass is 422 g/mol. The Labute approximate surface area is 185 Å². The summed E-state index contributed by atoms with van der Waals surface area (Å²) in [6.45, 7) is 9.94. The lowest BCUT2D eigenvalue weighted by Gasteiger charge is -2.27. The van der Waals surface area contributed by atoms with E-state index in [-0.39, 0.29) is 17.2 Å². The summed E-state index contributed by atoms with van der Waals surface area (Å²) < 4.78 is 5.97. The van der Waals surface area contributed by atoms with Crippen LogP contribution in [0.25, 0.3) is 0 Å². The van der Waals surface area contributed by atoms with Crippen molar-refractivity contribution in [2.24, 2.45) is 0 Å². The molecule has 5 heteroatoms.